The van der Waals surface area contributed by atoms with Gasteiger partial charge in [-0.3, -0.25) is 0 Å². The summed E-state index contributed by atoms with van der Waals surface area (Å²) in [5.41, 5.74) is 0. The van der Waals surface area contributed by atoms with Crippen LogP contribution in [0.4, 0.5) is 0 Å². The summed E-state index contributed by atoms with van der Waals surface area (Å²) in [6.45, 7) is 1.74. The van der Waals surface area contributed by atoms with E-state index in [9.17, 15) is 5.21 Å². The van der Waals surface area contributed by atoms with Crippen LogP contribution in [-0.2, 0) is 0 Å². The van der Waals surface area contributed by atoms with Crippen LogP contribution in [-0.4, -0.2) is 17.7 Å². The van der Waals surface area contributed by atoms with Gasteiger partial charge in [0.15, 0.2) is 12.9 Å². The SMILES string of the molecule is CC=C=[N+](C)[O-]. The minimum atomic E-state index is 0.625. The lowest BCUT2D eigenvalue weighted by atomic mass is 10.7. The molecule has 0 bridgehead atoms. The van der Waals surface area contributed by atoms with E-state index in [1.807, 2.05) is 0 Å². The fourth-order valence-electron chi connectivity index (χ4n) is 0.182. The molecular formula is C4H7NO. The van der Waals surface area contributed by atoms with Gasteiger partial charge in [0.25, 0.3) is 0 Å². The second-order valence-corrected chi connectivity index (χ2v) is 0.915. The van der Waals surface area contributed by atoms with E-state index in [-0.39, 0.29) is 0 Å². The van der Waals surface area contributed by atoms with Crippen molar-refractivity contribution in [2.45, 2.75) is 6.92 Å². The van der Waals surface area contributed by atoms with Crippen LogP contribution in [0.25, 0.3) is 0 Å². The van der Waals surface area contributed by atoms with Crippen molar-refractivity contribution in [1.82, 2.24) is 0 Å². The minimum absolute atomic E-state index is 0.625. The Hall–Kier alpha value is -0.750. The van der Waals surface area contributed by atoms with E-state index in [1.54, 1.807) is 13.0 Å². The predicted molar refractivity (Wildman–Crippen MR) is 24.8 cm³/mol. The molecule has 34 valence electrons. The fraction of sp³-hybridized carbons (Fsp3) is 0.500. The molecule has 0 N–H and O–H groups in total. The van der Waals surface area contributed by atoms with E-state index in [4.69, 9.17) is 0 Å². The molecule has 0 aromatic rings. The fourth-order valence-corrected chi connectivity index (χ4v) is 0.182. The molecule has 0 fully saturated rings. The van der Waals surface area contributed by atoms with Crippen LogP contribution in [0.2, 0.25) is 0 Å². The van der Waals surface area contributed by atoms with E-state index in [1.165, 1.54) is 7.05 Å². The van der Waals surface area contributed by atoms with Crippen molar-refractivity contribution in [3.05, 3.63) is 11.3 Å². The number of rotatable bonds is 0. The Balaban J connectivity index is 3.73. The molecule has 0 aliphatic carbocycles. The first-order valence-electron chi connectivity index (χ1n) is 1.72. The maximum Gasteiger partial charge on any atom is 0.174 e. The van der Waals surface area contributed by atoms with E-state index in [2.05, 4.69) is 5.87 Å². The number of hydrogen-bond donors (Lipinski definition) is 0. The molecule has 0 radical (unpaired) electrons. The van der Waals surface area contributed by atoms with Crippen molar-refractivity contribution < 1.29 is 4.74 Å². The molecule has 0 rings (SSSR count). The molecule has 0 saturated heterocycles. The van der Waals surface area contributed by atoms with Crippen LogP contribution >= 0.6 is 0 Å². The Morgan fingerprint density at radius 1 is 1.83 bits per heavy atom. The van der Waals surface area contributed by atoms with Gasteiger partial charge >= 0.3 is 0 Å². The second-order valence-electron chi connectivity index (χ2n) is 0.915. The summed E-state index contributed by atoms with van der Waals surface area (Å²) in [6, 6.07) is 0. The van der Waals surface area contributed by atoms with Crippen molar-refractivity contribution >= 4 is 5.87 Å². The average molecular weight is 85.1 g/mol. The van der Waals surface area contributed by atoms with E-state index < -0.39 is 0 Å². The molecule has 0 unspecified atom stereocenters. The summed E-state index contributed by atoms with van der Waals surface area (Å²) < 4.78 is 0.625. The summed E-state index contributed by atoms with van der Waals surface area (Å²) in [5.74, 6) is 2.36. The quantitative estimate of drug-likeness (QED) is 0.181. The lowest BCUT2D eigenvalue weighted by Gasteiger charge is -1.82. The summed E-state index contributed by atoms with van der Waals surface area (Å²) in [7, 11) is 1.39. The van der Waals surface area contributed by atoms with Crippen LogP contribution < -0.4 is 0 Å². The minimum Gasteiger partial charge on any atom is -0.615 e. The van der Waals surface area contributed by atoms with Crippen molar-refractivity contribution in [1.29, 1.82) is 0 Å². The van der Waals surface area contributed by atoms with Crippen molar-refractivity contribution in [3.63, 3.8) is 0 Å². The van der Waals surface area contributed by atoms with Crippen molar-refractivity contribution in [2.75, 3.05) is 7.05 Å². The first kappa shape index (κ1) is 5.25. The van der Waals surface area contributed by atoms with Gasteiger partial charge in [0.2, 0.25) is 0 Å². The molecule has 0 aromatic carbocycles. The standard InChI is InChI=1S/C4H7NO/c1-3-4-5(2)6/h3H,1-2H3. The van der Waals surface area contributed by atoms with E-state index in [0.717, 1.165) is 0 Å². The molecule has 0 aliphatic heterocycles. The van der Waals surface area contributed by atoms with Crippen molar-refractivity contribution in [2.24, 2.45) is 0 Å². The van der Waals surface area contributed by atoms with Gasteiger partial charge in [-0.2, -0.15) is 4.74 Å². The monoisotopic (exact) mass is 85.1 g/mol. The van der Waals surface area contributed by atoms with Crippen LogP contribution in [0.5, 0.6) is 0 Å². The van der Waals surface area contributed by atoms with Gasteiger partial charge in [0.05, 0.1) is 0 Å². The second kappa shape index (κ2) is 2.49. The van der Waals surface area contributed by atoms with Crippen molar-refractivity contribution in [3.8, 4) is 0 Å². The first-order chi connectivity index (χ1) is 2.77. The van der Waals surface area contributed by atoms with Gasteiger partial charge in [0, 0.05) is 6.08 Å². The lowest BCUT2D eigenvalue weighted by Crippen LogP contribution is -1.86. The van der Waals surface area contributed by atoms with E-state index in [0.29, 0.717) is 4.74 Å². The molecule has 2 nitrogen and oxygen atoms in total. The maximum absolute atomic E-state index is 9.82. The molecule has 2 heteroatoms. The topological polar surface area (TPSA) is 26.1 Å². The largest absolute Gasteiger partial charge is 0.615 e. The number of nitrogens with zero attached hydrogens (tertiary/aromatic N) is 1. The molecule has 0 spiro atoms. The molecule has 0 heterocycles. The third kappa shape index (κ3) is 3.25. The van der Waals surface area contributed by atoms with Gasteiger partial charge in [-0.05, 0) is 6.92 Å². The third-order valence-electron chi connectivity index (χ3n) is 0.311. The van der Waals surface area contributed by atoms with Crippen LogP contribution in [0.1, 0.15) is 6.92 Å². The summed E-state index contributed by atoms with van der Waals surface area (Å²) in [6.07, 6.45) is 1.56. The predicted octanol–water partition coefficient (Wildman–Crippen LogP) is 0.372. The molecule has 0 aliphatic rings. The Morgan fingerprint density at radius 2 is 2.33 bits per heavy atom. The highest BCUT2D eigenvalue weighted by Gasteiger charge is 1.58. The smallest absolute Gasteiger partial charge is 0.174 e. The van der Waals surface area contributed by atoms with Gasteiger partial charge in [-0.25, -0.2) is 0 Å². The highest BCUT2D eigenvalue weighted by Crippen LogP contribution is 1.49. The van der Waals surface area contributed by atoms with E-state index >= 15 is 0 Å². The zero-order valence-electron chi connectivity index (χ0n) is 3.93. The zero-order chi connectivity index (χ0) is 4.99. The maximum atomic E-state index is 9.82. The summed E-state index contributed by atoms with van der Waals surface area (Å²) in [4.78, 5) is 0. The Bertz CT molecular complexity index is 85.7. The lowest BCUT2D eigenvalue weighted by molar-refractivity contribution is -0.414. The first-order valence-corrected chi connectivity index (χ1v) is 1.72. The van der Waals surface area contributed by atoms with Gasteiger partial charge < -0.3 is 5.21 Å². The number of allylic oxidation sites excluding steroid dienone is 1. The summed E-state index contributed by atoms with van der Waals surface area (Å²) >= 11 is 0. The van der Waals surface area contributed by atoms with Gasteiger partial charge in [-0.1, -0.05) is 0 Å². The average Bonchev–Trinajstić information content (AvgIpc) is 1.35. The summed E-state index contributed by atoms with van der Waals surface area (Å²) in [5, 5.41) is 9.82. The third-order valence-corrected chi connectivity index (χ3v) is 0.311. The molecule has 0 aromatic heterocycles. The Labute approximate surface area is 37.0 Å². The normalized spacial score (nSPS) is 6.33. The number of hydroxylamine groups is 1. The van der Waals surface area contributed by atoms with Crippen LogP contribution in [0.3, 0.4) is 0 Å². The molecule has 6 heavy (non-hydrogen) atoms. The van der Waals surface area contributed by atoms with Crippen LogP contribution in [0, 0.1) is 5.21 Å². The molecular weight excluding hydrogens is 78.0 g/mol. The van der Waals surface area contributed by atoms with Crippen LogP contribution in [0.15, 0.2) is 6.08 Å². The highest BCUT2D eigenvalue weighted by molar-refractivity contribution is 5.44. The Kier molecular flexibility index (Phi) is 2.17. The highest BCUT2D eigenvalue weighted by atomic mass is 16.5. The Morgan fingerprint density at radius 3 is 2.33 bits per heavy atom. The number of hydrogen-bond acceptors (Lipinski definition) is 1. The molecule has 0 amide bonds. The van der Waals surface area contributed by atoms with Gasteiger partial charge in [0.1, 0.15) is 0 Å². The zero-order valence-corrected chi connectivity index (χ0v) is 3.93. The van der Waals surface area contributed by atoms with Gasteiger partial charge in [-0.15, -0.1) is 0 Å². The molecule has 0 saturated carbocycles. The molecule has 0 atom stereocenters.